The summed E-state index contributed by atoms with van der Waals surface area (Å²) in [6, 6.07) is 7.75. The number of pyridine rings is 2. The summed E-state index contributed by atoms with van der Waals surface area (Å²) in [5.74, 6) is 1.54. The standard InChI is InChI=1S/C6H8N2.C6H13N.C6H7N/c1-5-3-2-4-8-6(5)7;2*1-6-3-2-4-7-5-6/h2-4H,1H3,(H2,7,8);6-7H,2-5H2,1H3;2-5H,1H3. The van der Waals surface area contributed by atoms with Crippen LogP contribution in [0, 0.1) is 19.8 Å². The van der Waals surface area contributed by atoms with E-state index in [1.54, 1.807) is 12.4 Å². The highest BCUT2D eigenvalue weighted by atomic mass is 14.9. The number of hydrogen-bond acceptors (Lipinski definition) is 4. The van der Waals surface area contributed by atoms with Gasteiger partial charge in [-0.3, -0.25) is 4.98 Å². The minimum absolute atomic E-state index is 0.618. The molecule has 3 heterocycles. The molecule has 1 fully saturated rings. The molecule has 0 saturated carbocycles. The molecule has 0 spiro atoms. The predicted molar refractivity (Wildman–Crippen MR) is 93.6 cm³/mol. The summed E-state index contributed by atoms with van der Waals surface area (Å²) < 4.78 is 0. The van der Waals surface area contributed by atoms with E-state index in [0.29, 0.717) is 5.82 Å². The molecule has 0 amide bonds. The fraction of sp³-hybridized carbons (Fsp3) is 0.444. The maximum atomic E-state index is 5.41. The number of aryl methyl sites for hydroxylation is 2. The summed E-state index contributed by atoms with van der Waals surface area (Å²) in [4.78, 5) is 7.74. The molecule has 0 radical (unpaired) electrons. The normalized spacial score (nSPS) is 16.6. The first-order valence-corrected chi connectivity index (χ1v) is 7.84. The highest BCUT2D eigenvalue weighted by Crippen LogP contribution is 2.06. The van der Waals surface area contributed by atoms with Gasteiger partial charge in [0.05, 0.1) is 0 Å². The van der Waals surface area contributed by atoms with Crippen LogP contribution >= 0.6 is 0 Å². The Kier molecular flexibility index (Phi) is 8.84. The van der Waals surface area contributed by atoms with E-state index in [-0.39, 0.29) is 0 Å². The zero-order valence-electron chi connectivity index (χ0n) is 13.9. The first kappa shape index (κ1) is 18.1. The maximum Gasteiger partial charge on any atom is 0.126 e. The molecule has 1 unspecified atom stereocenters. The zero-order chi connectivity index (χ0) is 16.2. The molecule has 4 heteroatoms. The van der Waals surface area contributed by atoms with E-state index in [2.05, 4.69) is 22.2 Å². The number of nitrogens with one attached hydrogen (secondary N) is 1. The number of nitrogens with zero attached hydrogens (tertiary/aromatic N) is 2. The molecule has 0 bridgehead atoms. The summed E-state index contributed by atoms with van der Waals surface area (Å²) in [7, 11) is 0. The molecule has 1 aliphatic rings. The van der Waals surface area contributed by atoms with Gasteiger partial charge in [-0.25, -0.2) is 4.98 Å². The van der Waals surface area contributed by atoms with Crippen LogP contribution in [0.25, 0.3) is 0 Å². The smallest absolute Gasteiger partial charge is 0.126 e. The minimum Gasteiger partial charge on any atom is -0.383 e. The van der Waals surface area contributed by atoms with Crippen molar-refractivity contribution >= 4 is 5.82 Å². The third kappa shape index (κ3) is 8.37. The van der Waals surface area contributed by atoms with Gasteiger partial charge in [0.25, 0.3) is 0 Å². The number of nitrogens with two attached hydrogens (primary N) is 1. The Morgan fingerprint density at radius 3 is 2.27 bits per heavy atom. The molecule has 1 saturated heterocycles. The van der Waals surface area contributed by atoms with Crippen molar-refractivity contribution in [2.75, 3.05) is 18.8 Å². The Hall–Kier alpha value is -1.94. The molecule has 120 valence electrons. The Morgan fingerprint density at radius 2 is 1.95 bits per heavy atom. The molecule has 2 aromatic heterocycles. The lowest BCUT2D eigenvalue weighted by Gasteiger charge is -2.17. The number of rotatable bonds is 0. The SMILES string of the molecule is CC1CCCNC1.Cc1cccnc1.Cc1cccnc1N. The summed E-state index contributed by atoms with van der Waals surface area (Å²) in [6.45, 7) is 8.73. The second-order valence-electron chi connectivity index (χ2n) is 5.69. The van der Waals surface area contributed by atoms with Crippen molar-refractivity contribution in [3.05, 3.63) is 54.0 Å². The van der Waals surface area contributed by atoms with E-state index in [4.69, 9.17) is 5.73 Å². The highest BCUT2D eigenvalue weighted by molar-refractivity contribution is 5.36. The van der Waals surface area contributed by atoms with E-state index in [0.717, 1.165) is 11.5 Å². The van der Waals surface area contributed by atoms with Crippen LogP contribution in [-0.4, -0.2) is 23.1 Å². The second-order valence-corrected chi connectivity index (χ2v) is 5.69. The lowest BCUT2D eigenvalue weighted by atomic mass is 10.0. The van der Waals surface area contributed by atoms with Gasteiger partial charge in [0.15, 0.2) is 0 Å². The molecule has 0 aliphatic carbocycles. The van der Waals surface area contributed by atoms with Gasteiger partial charge >= 0.3 is 0 Å². The van der Waals surface area contributed by atoms with Crippen LogP contribution in [0.2, 0.25) is 0 Å². The molecular weight excluding hydrogens is 272 g/mol. The van der Waals surface area contributed by atoms with Crippen LogP contribution in [0.1, 0.15) is 30.9 Å². The number of hydrogen-bond donors (Lipinski definition) is 2. The predicted octanol–water partition coefficient (Wildman–Crippen LogP) is 3.37. The van der Waals surface area contributed by atoms with Gasteiger partial charge in [0.2, 0.25) is 0 Å². The Bertz CT molecular complexity index is 487. The van der Waals surface area contributed by atoms with E-state index in [9.17, 15) is 0 Å². The van der Waals surface area contributed by atoms with Crippen molar-refractivity contribution in [2.24, 2.45) is 5.92 Å². The van der Waals surface area contributed by atoms with Gasteiger partial charge in [-0.15, -0.1) is 0 Å². The first-order valence-electron chi connectivity index (χ1n) is 7.84. The van der Waals surface area contributed by atoms with Gasteiger partial charge in [-0.1, -0.05) is 19.1 Å². The average Bonchev–Trinajstić information content (AvgIpc) is 2.53. The van der Waals surface area contributed by atoms with Crippen LogP contribution in [-0.2, 0) is 0 Å². The average molecular weight is 300 g/mol. The van der Waals surface area contributed by atoms with Crippen molar-refractivity contribution in [1.29, 1.82) is 0 Å². The van der Waals surface area contributed by atoms with Gasteiger partial charge in [-0.05, 0) is 69.0 Å². The van der Waals surface area contributed by atoms with Gasteiger partial charge < -0.3 is 11.1 Å². The maximum absolute atomic E-state index is 5.41. The van der Waals surface area contributed by atoms with Crippen LogP contribution < -0.4 is 11.1 Å². The van der Waals surface area contributed by atoms with E-state index >= 15 is 0 Å². The fourth-order valence-corrected chi connectivity index (χ4v) is 1.97. The highest BCUT2D eigenvalue weighted by Gasteiger charge is 2.04. The molecule has 1 atom stereocenters. The van der Waals surface area contributed by atoms with Gasteiger partial charge in [0.1, 0.15) is 5.82 Å². The van der Waals surface area contributed by atoms with Crippen molar-refractivity contribution in [3.63, 3.8) is 0 Å². The summed E-state index contributed by atoms with van der Waals surface area (Å²) in [5, 5.41) is 3.33. The number of piperidine rings is 1. The van der Waals surface area contributed by atoms with Crippen molar-refractivity contribution in [2.45, 2.75) is 33.6 Å². The van der Waals surface area contributed by atoms with Crippen molar-refractivity contribution in [1.82, 2.24) is 15.3 Å². The lowest BCUT2D eigenvalue weighted by molar-refractivity contribution is 0.405. The summed E-state index contributed by atoms with van der Waals surface area (Å²) in [5.41, 5.74) is 7.65. The third-order valence-corrected chi connectivity index (χ3v) is 3.40. The summed E-state index contributed by atoms with van der Waals surface area (Å²) >= 11 is 0. The van der Waals surface area contributed by atoms with Crippen LogP contribution in [0.5, 0.6) is 0 Å². The molecule has 0 aromatic carbocycles. The van der Waals surface area contributed by atoms with Crippen LogP contribution in [0.4, 0.5) is 5.82 Å². The van der Waals surface area contributed by atoms with Gasteiger partial charge in [-0.2, -0.15) is 0 Å². The Balaban J connectivity index is 0.000000166. The van der Waals surface area contributed by atoms with E-state index in [1.165, 1.54) is 31.5 Å². The zero-order valence-corrected chi connectivity index (χ0v) is 13.9. The number of aromatic nitrogens is 2. The lowest BCUT2D eigenvalue weighted by Crippen LogP contribution is -2.27. The van der Waals surface area contributed by atoms with Crippen molar-refractivity contribution in [3.8, 4) is 0 Å². The Labute approximate surface area is 134 Å². The van der Waals surface area contributed by atoms with Crippen LogP contribution in [0.15, 0.2) is 42.9 Å². The third-order valence-electron chi connectivity index (χ3n) is 3.40. The molecule has 3 N–H and O–H groups in total. The Morgan fingerprint density at radius 1 is 1.18 bits per heavy atom. The topological polar surface area (TPSA) is 63.8 Å². The van der Waals surface area contributed by atoms with Gasteiger partial charge in [0, 0.05) is 18.6 Å². The minimum atomic E-state index is 0.618. The number of anilines is 1. The molecule has 2 aromatic rings. The quantitative estimate of drug-likeness (QED) is 0.783. The summed E-state index contributed by atoms with van der Waals surface area (Å²) in [6.07, 6.45) is 8.09. The monoisotopic (exact) mass is 300 g/mol. The second kappa shape index (κ2) is 10.7. The van der Waals surface area contributed by atoms with E-state index < -0.39 is 0 Å². The molecule has 3 rings (SSSR count). The molecule has 4 nitrogen and oxygen atoms in total. The fourth-order valence-electron chi connectivity index (χ4n) is 1.97. The van der Waals surface area contributed by atoms with E-state index in [1.807, 2.05) is 44.3 Å². The van der Waals surface area contributed by atoms with Crippen LogP contribution in [0.3, 0.4) is 0 Å². The largest absolute Gasteiger partial charge is 0.383 e. The number of nitrogen functional groups attached to an aromatic ring is 1. The van der Waals surface area contributed by atoms with Crippen molar-refractivity contribution < 1.29 is 0 Å². The molecule has 1 aliphatic heterocycles. The molecular formula is C18H28N4. The molecule has 22 heavy (non-hydrogen) atoms. The first-order chi connectivity index (χ1) is 10.6.